The lowest BCUT2D eigenvalue weighted by Crippen LogP contribution is -2.41. The molecule has 0 radical (unpaired) electrons. The Morgan fingerprint density at radius 1 is 1.11 bits per heavy atom. The molecule has 7 nitrogen and oxygen atoms in total. The Bertz CT molecular complexity index is 1770. The van der Waals surface area contributed by atoms with Gasteiger partial charge in [0.1, 0.15) is 10.6 Å². The zero-order valence-corrected chi connectivity index (χ0v) is 22.0. The van der Waals surface area contributed by atoms with Crippen LogP contribution in [0.15, 0.2) is 91.6 Å². The molecular weight excluding hydrogens is 560 g/mol. The minimum Gasteiger partial charge on any atom is -0.322 e. The first-order chi connectivity index (χ1) is 17.4. The van der Waals surface area contributed by atoms with E-state index in [0.717, 1.165) is 20.7 Å². The van der Waals surface area contributed by atoms with E-state index in [9.17, 15) is 14.4 Å². The molecule has 0 spiro atoms. The first kappa shape index (κ1) is 22.8. The number of carbonyl (C=O) groups is 2. The van der Waals surface area contributed by atoms with Crippen molar-refractivity contribution in [3.8, 4) is 0 Å². The van der Waals surface area contributed by atoms with Crippen molar-refractivity contribution in [1.82, 2.24) is 4.57 Å². The standard InChI is InChI=1S/C26H17BrN4O3S2/c1-13-19(23(32)29-15-6-3-2-4-7-15)21(18-8-5-11-35-18)31-25(34)22(36-26(31)28-13)20-16-12-14(27)9-10-17(16)30-24(20)33/h2-12,21H,1H3,(H,29,32)(H,30,33)/b22-20-/t21-/m0/s1. The van der Waals surface area contributed by atoms with Crippen molar-refractivity contribution >= 4 is 67.4 Å². The third-order valence-corrected chi connectivity index (χ3v) is 8.51. The molecule has 0 saturated heterocycles. The summed E-state index contributed by atoms with van der Waals surface area (Å²) in [6, 6.07) is 17.7. The Hall–Kier alpha value is -3.60. The second-order valence-electron chi connectivity index (χ2n) is 8.26. The topological polar surface area (TPSA) is 92.6 Å². The molecule has 2 N–H and O–H groups in total. The van der Waals surface area contributed by atoms with E-state index in [1.807, 2.05) is 47.8 Å². The number of aromatic nitrogens is 1. The monoisotopic (exact) mass is 576 g/mol. The first-order valence-electron chi connectivity index (χ1n) is 11.0. The third-order valence-electron chi connectivity index (χ3n) is 6.04. The van der Waals surface area contributed by atoms with Gasteiger partial charge in [-0.25, -0.2) is 4.99 Å². The minimum absolute atomic E-state index is 0.294. The summed E-state index contributed by atoms with van der Waals surface area (Å²) in [5.74, 6) is -0.662. The van der Waals surface area contributed by atoms with Crippen LogP contribution in [0.2, 0.25) is 0 Å². The summed E-state index contributed by atoms with van der Waals surface area (Å²) in [6.07, 6.45) is 0. The predicted molar refractivity (Wildman–Crippen MR) is 145 cm³/mol. The van der Waals surface area contributed by atoms with E-state index < -0.39 is 6.04 Å². The molecule has 178 valence electrons. The Morgan fingerprint density at radius 2 is 1.92 bits per heavy atom. The first-order valence-corrected chi connectivity index (χ1v) is 13.5. The highest BCUT2D eigenvalue weighted by atomic mass is 79.9. The Labute approximate surface area is 221 Å². The molecule has 4 aromatic rings. The summed E-state index contributed by atoms with van der Waals surface area (Å²) >= 11 is 6.08. The van der Waals surface area contributed by atoms with Crippen LogP contribution in [0.1, 0.15) is 23.4 Å². The molecular formula is C26H17BrN4O3S2. The van der Waals surface area contributed by atoms with Gasteiger partial charge < -0.3 is 10.6 Å². The van der Waals surface area contributed by atoms with E-state index in [1.165, 1.54) is 15.9 Å². The number of rotatable bonds is 3. The van der Waals surface area contributed by atoms with Gasteiger partial charge in [0.15, 0.2) is 4.80 Å². The van der Waals surface area contributed by atoms with E-state index in [2.05, 4.69) is 31.6 Å². The smallest absolute Gasteiger partial charge is 0.272 e. The highest BCUT2D eigenvalue weighted by molar-refractivity contribution is 9.10. The highest BCUT2D eigenvalue weighted by Gasteiger charge is 2.35. The fraction of sp³-hybridized carbons (Fsp3) is 0.0769. The molecule has 10 heteroatoms. The van der Waals surface area contributed by atoms with Crippen LogP contribution in [-0.2, 0) is 9.59 Å². The van der Waals surface area contributed by atoms with E-state index in [0.29, 0.717) is 43.1 Å². The molecule has 4 heterocycles. The number of halogens is 1. The zero-order valence-electron chi connectivity index (χ0n) is 18.7. The number of thiazole rings is 1. The van der Waals surface area contributed by atoms with Crippen molar-refractivity contribution < 1.29 is 9.59 Å². The van der Waals surface area contributed by atoms with Crippen molar-refractivity contribution in [1.29, 1.82) is 0 Å². The number of fused-ring (bicyclic) bond motifs is 2. The Balaban J connectivity index is 1.57. The number of thiophene rings is 1. The summed E-state index contributed by atoms with van der Waals surface area (Å²) in [6.45, 7) is 1.77. The van der Waals surface area contributed by atoms with Gasteiger partial charge in [0.05, 0.1) is 16.8 Å². The van der Waals surface area contributed by atoms with Crippen LogP contribution in [0, 0.1) is 0 Å². The van der Waals surface area contributed by atoms with E-state index in [-0.39, 0.29) is 17.4 Å². The van der Waals surface area contributed by atoms with Gasteiger partial charge in [-0.3, -0.25) is 19.0 Å². The van der Waals surface area contributed by atoms with Crippen LogP contribution in [0.3, 0.4) is 0 Å². The fourth-order valence-electron chi connectivity index (χ4n) is 4.46. The SMILES string of the molecule is CC1=C(C(=O)Nc2ccccc2)[C@H](c2cccs2)n2c(s/c(=C3\C(=O)Nc4ccc(Br)cc43)c2=O)=N1. The fourth-order valence-corrected chi connectivity index (χ4v) is 6.79. The summed E-state index contributed by atoms with van der Waals surface area (Å²) < 4.78 is 2.63. The lowest BCUT2D eigenvalue weighted by atomic mass is 10.0. The van der Waals surface area contributed by atoms with Crippen LogP contribution in [0.5, 0.6) is 0 Å². The maximum absolute atomic E-state index is 13.9. The largest absolute Gasteiger partial charge is 0.322 e. The van der Waals surface area contributed by atoms with Gasteiger partial charge in [0, 0.05) is 26.3 Å². The average Bonchev–Trinajstić information content (AvgIpc) is 3.57. The van der Waals surface area contributed by atoms with Crippen LogP contribution < -0.4 is 25.5 Å². The van der Waals surface area contributed by atoms with Gasteiger partial charge >= 0.3 is 0 Å². The lowest BCUT2D eigenvalue weighted by Gasteiger charge is -2.24. The van der Waals surface area contributed by atoms with Crippen molar-refractivity contribution in [2.24, 2.45) is 4.99 Å². The number of nitrogens with zero attached hydrogens (tertiary/aromatic N) is 2. The van der Waals surface area contributed by atoms with Gasteiger partial charge in [0.2, 0.25) is 0 Å². The average molecular weight is 577 g/mol. The van der Waals surface area contributed by atoms with Crippen LogP contribution >= 0.6 is 38.6 Å². The second kappa shape index (κ2) is 8.81. The number of para-hydroxylation sites is 1. The summed E-state index contributed by atoms with van der Waals surface area (Å²) in [5.41, 5.74) is 2.84. The van der Waals surface area contributed by atoms with Gasteiger partial charge in [-0.2, -0.15) is 0 Å². The van der Waals surface area contributed by atoms with Crippen molar-refractivity contribution in [3.63, 3.8) is 0 Å². The van der Waals surface area contributed by atoms with Crippen molar-refractivity contribution in [2.45, 2.75) is 13.0 Å². The molecule has 2 aromatic carbocycles. The van der Waals surface area contributed by atoms with Crippen LogP contribution in [-0.4, -0.2) is 16.4 Å². The summed E-state index contributed by atoms with van der Waals surface area (Å²) in [7, 11) is 0. The lowest BCUT2D eigenvalue weighted by molar-refractivity contribution is -0.113. The molecule has 6 rings (SSSR count). The third kappa shape index (κ3) is 3.69. The van der Waals surface area contributed by atoms with Gasteiger partial charge in [-0.05, 0) is 48.7 Å². The maximum Gasteiger partial charge on any atom is 0.272 e. The van der Waals surface area contributed by atoms with E-state index in [1.54, 1.807) is 25.1 Å². The maximum atomic E-state index is 13.9. The molecule has 1 atom stereocenters. The van der Waals surface area contributed by atoms with Gasteiger partial charge in [0.25, 0.3) is 17.4 Å². The quantitative estimate of drug-likeness (QED) is 0.386. The number of benzene rings is 2. The Kier molecular flexibility index (Phi) is 5.59. The predicted octanol–water partition coefficient (Wildman–Crippen LogP) is 4.02. The number of hydrogen-bond donors (Lipinski definition) is 2. The van der Waals surface area contributed by atoms with Crippen LogP contribution in [0.25, 0.3) is 5.57 Å². The highest BCUT2D eigenvalue weighted by Crippen LogP contribution is 2.34. The zero-order chi connectivity index (χ0) is 25.0. The molecule has 0 unspecified atom stereocenters. The molecule has 0 bridgehead atoms. The molecule has 0 fully saturated rings. The molecule has 0 saturated carbocycles. The summed E-state index contributed by atoms with van der Waals surface area (Å²) in [5, 5.41) is 7.69. The molecule has 0 aliphatic carbocycles. The number of carbonyl (C=O) groups excluding carboxylic acids is 2. The number of nitrogens with one attached hydrogen (secondary N) is 2. The Morgan fingerprint density at radius 3 is 2.67 bits per heavy atom. The molecule has 36 heavy (non-hydrogen) atoms. The minimum atomic E-state index is -0.661. The second-order valence-corrected chi connectivity index (χ2v) is 11.1. The number of allylic oxidation sites excluding steroid dienone is 1. The molecule has 2 aliphatic heterocycles. The van der Waals surface area contributed by atoms with Crippen molar-refractivity contribution in [2.75, 3.05) is 10.6 Å². The van der Waals surface area contributed by atoms with E-state index >= 15 is 0 Å². The number of amides is 2. The molecule has 2 amide bonds. The van der Waals surface area contributed by atoms with Gasteiger partial charge in [-0.15, -0.1) is 11.3 Å². The van der Waals surface area contributed by atoms with E-state index in [4.69, 9.17) is 0 Å². The van der Waals surface area contributed by atoms with Crippen LogP contribution in [0.4, 0.5) is 11.4 Å². The molecule has 2 aromatic heterocycles. The van der Waals surface area contributed by atoms with Gasteiger partial charge in [-0.1, -0.05) is 51.5 Å². The normalized spacial score (nSPS) is 17.8. The number of hydrogen-bond acceptors (Lipinski definition) is 6. The number of anilines is 2. The molecule has 2 aliphatic rings. The van der Waals surface area contributed by atoms with Crippen molar-refractivity contribution in [3.05, 3.63) is 112 Å². The summed E-state index contributed by atoms with van der Waals surface area (Å²) in [4.78, 5) is 46.3.